The Labute approximate surface area is 85.4 Å². The molecule has 0 aromatic carbocycles. The van der Waals surface area contributed by atoms with Crippen LogP contribution in [0.5, 0.6) is 0 Å². The van der Waals surface area contributed by atoms with Gasteiger partial charge in [-0.25, -0.2) is 0 Å². The maximum atomic E-state index is 10.3. The highest BCUT2D eigenvalue weighted by Crippen LogP contribution is 2.17. The maximum Gasteiger partial charge on any atom is 0.307 e. The molecule has 0 radical (unpaired) electrons. The first-order valence-corrected chi connectivity index (χ1v) is 5.33. The lowest BCUT2D eigenvalue weighted by Gasteiger charge is -2.30. The Morgan fingerprint density at radius 3 is 3.07 bits per heavy atom. The predicted molar refractivity (Wildman–Crippen MR) is 56.2 cm³/mol. The van der Waals surface area contributed by atoms with Gasteiger partial charge in [0.1, 0.15) is 0 Å². The number of hydrogen-bond donors (Lipinski definition) is 1. The molecule has 1 atom stereocenters. The molecular formula is C11H19NO2. The molecule has 3 nitrogen and oxygen atoms in total. The molecule has 0 spiro atoms. The van der Waals surface area contributed by atoms with E-state index in [0.29, 0.717) is 5.92 Å². The zero-order valence-corrected chi connectivity index (χ0v) is 8.78. The SMILES string of the molecule is CCN1CCCC(/C=C\CC(=O)O)C1. The number of nitrogens with zero attached hydrogens (tertiary/aromatic N) is 1. The van der Waals surface area contributed by atoms with Crippen LogP contribution in [0.15, 0.2) is 12.2 Å². The molecule has 14 heavy (non-hydrogen) atoms. The first-order valence-electron chi connectivity index (χ1n) is 5.33. The van der Waals surface area contributed by atoms with Crippen LogP contribution in [0.4, 0.5) is 0 Å². The minimum atomic E-state index is -0.746. The average Bonchev–Trinajstić information content (AvgIpc) is 2.18. The van der Waals surface area contributed by atoms with Crippen molar-refractivity contribution in [2.45, 2.75) is 26.2 Å². The van der Waals surface area contributed by atoms with Crippen LogP contribution < -0.4 is 0 Å². The molecule has 0 saturated carbocycles. The number of aliphatic carboxylic acids is 1. The van der Waals surface area contributed by atoms with Crippen LogP contribution in [-0.2, 0) is 4.79 Å². The molecule has 1 heterocycles. The van der Waals surface area contributed by atoms with Crippen LogP contribution in [0.3, 0.4) is 0 Å². The smallest absolute Gasteiger partial charge is 0.307 e. The van der Waals surface area contributed by atoms with E-state index in [2.05, 4.69) is 17.9 Å². The Kier molecular flexibility index (Phi) is 4.66. The second kappa shape index (κ2) is 5.81. The highest BCUT2D eigenvalue weighted by molar-refractivity contribution is 5.68. The molecule has 0 aromatic rings. The van der Waals surface area contributed by atoms with Gasteiger partial charge in [0, 0.05) is 6.54 Å². The van der Waals surface area contributed by atoms with Crippen LogP contribution in [0.1, 0.15) is 26.2 Å². The van der Waals surface area contributed by atoms with Crippen molar-refractivity contribution in [3.05, 3.63) is 12.2 Å². The number of hydrogen-bond acceptors (Lipinski definition) is 2. The summed E-state index contributed by atoms with van der Waals surface area (Å²) in [6.07, 6.45) is 6.44. The van der Waals surface area contributed by atoms with Crippen LogP contribution in [0, 0.1) is 5.92 Å². The number of carboxylic acid groups (broad SMARTS) is 1. The summed E-state index contributed by atoms with van der Waals surface area (Å²) in [5.74, 6) is -0.188. The Balaban J connectivity index is 2.29. The van der Waals surface area contributed by atoms with E-state index in [1.807, 2.05) is 0 Å². The van der Waals surface area contributed by atoms with Gasteiger partial charge >= 0.3 is 5.97 Å². The van der Waals surface area contributed by atoms with Gasteiger partial charge in [-0.05, 0) is 31.8 Å². The van der Waals surface area contributed by atoms with E-state index in [1.165, 1.54) is 19.4 Å². The Morgan fingerprint density at radius 1 is 1.64 bits per heavy atom. The Morgan fingerprint density at radius 2 is 2.43 bits per heavy atom. The molecule has 1 unspecified atom stereocenters. The predicted octanol–water partition coefficient (Wildman–Crippen LogP) is 1.75. The lowest BCUT2D eigenvalue weighted by Crippen LogP contribution is -2.34. The molecule has 0 amide bonds. The zero-order valence-electron chi connectivity index (χ0n) is 8.78. The molecule has 3 heteroatoms. The van der Waals surface area contributed by atoms with Gasteiger partial charge in [-0.2, -0.15) is 0 Å². The second-order valence-electron chi connectivity index (χ2n) is 3.82. The van der Waals surface area contributed by atoms with E-state index in [0.717, 1.165) is 13.1 Å². The quantitative estimate of drug-likeness (QED) is 0.698. The fourth-order valence-corrected chi connectivity index (χ4v) is 1.90. The lowest BCUT2D eigenvalue weighted by atomic mass is 9.97. The second-order valence-corrected chi connectivity index (χ2v) is 3.82. The van der Waals surface area contributed by atoms with Crippen LogP contribution >= 0.6 is 0 Å². The van der Waals surface area contributed by atoms with E-state index in [9.17, 15) is 4.79 Å². The van der Waals surface area contributed by atoms with Gasteiger partial charge in [0.2, 0.25) is 0 Å². The minimum Gasteiger partial charge on any atom is -0.481 e. The molecule has 1 N–H and O–H groups in total. The van der Waals surface area contributed by atoms with Gasteiger partial charge in [-0.1, -0.05) is 19.1 Å². The van der Waals surface area contributed by atoms with Crippen molar-refractivity contribution in [3.63, 3.8) is 0 Å². The zero-order chi connectivity index (χ0) is 10.4. The molecule has 1 aliphatic rings. The molecule has 1 fully saturated rings. The van der Waals surface area contributed by atoms with Gasteiger partial charge in [0.15, 0.2) is 0 Å². The van der Waals surface area contributed by atoms with Gasteiger partial charge in [-0.3, -0.25) is 4.79 Å². The standard InChI is InChI=1S/C11H19NO2/c1-2-12-8-4-6-10(9-12)5-3-7-11(13)14/h3,5,10H,2,4,6-9H2,1H3,(H,13,14)/b5-3-. The summed E-state index contributed by atoms with van der Waals surface area (Å²) in [6, 6.07) is 0. The van der Waals surface area contributed by atoms with E-state index >= 15 is 0 Å². The van der Waals surface area contributed by atoms with Gasteiger partial charge in [-0.15, -0.1) is 0 Å². The molecule has 1 rings (SSSR count). The third-order valence-corrected chi connectivity index (χ3v) is 2.69. The molecule has 0 aliphatic carbocycles. The number of likely N-dealkylation sites (tertiary alicyclic amines) is 1. The molecular weight excluding hydrogens is 178 g/mol. The maximum absolute atomic E-state index is 10.3. The monoisotopic (exact) mass is 197 g/mol. The molecule has 1 aliphatic heterocycles. The van der Waals surface area contributed by atoms with Crippen molar-refractivity contribution >= 4 is 5.97 Å². The number of piperidine rings is 1. The van der Waals surface area contributed by atoms with Crippen molar-refractivity contribution in [3.8, 4) is 0 Å². The lowest BCUT2D eigenvalue weighted by molar-refractivity contribution is -0.136. The fraction of sp³-hybridized carbons (Fsp3) is 0.727. The highest BCUT2D eigenvalue weighted by Gasteiger charge is 2.15. The minimum absolute atomic E-state index is 0.155. The van der Waals surface area contributed by atoms with Crippen molar-refractivity contribution in [2.75, 3.05) is 19.6 Å². The molecule has 80 valence electrons. The molecule has 1 saturated heterocycles. The first-order chi connectivity index (χ1) is 6.72. The Hall–Kier alpha value is -0.830. The first kappa shape index (κ1) is 11.2. The summed E-state index contributed by atoms with van der Waals surface area (Å²) in [5, 5.41) is 8.48. The van der Waals surface area contributed by atoms with Crippen molar-refractivity contribution in [1.82, 2.24) is 4.90 Å². The van der Waals surface area contributed by atoms with Gasteiger partial charge in [0.05, 0.1) is 6.42 Å². The third kappa shape index (κ3) is 3.92. The van der Waals surface area contributed by atoms with E-state index < -0.39 is 5.97 Å². The Bertz CT molecular complexity index is 213. The van der Waals surface area contributed by atoms with Gasteiger partial charge in [0.25, 0.3) is 0 Å². The number of rotatable bonds is 4. The van der Waals surface area contributed by atoms with Crippen molar-refractivity contribution in [2.24, 2.45) is 5.92 Å². The van der Waals surface area contributed by atoms with Crippen LogP contribution in [0.2, 0.25) is 0 Å². The summed E-state index contributed by atoms with van der Waals surface area (Å²) in [5.41, 5.74) is 0. The van der Waals surface area contributed by atoms with Crippen LogP contribution in [-0.4, -0.2) is 35.6 Å². The average molecular weight is 197 g/mol. The summed E-state index contributed by atoms with van der Waals surface area (Å²) < 4.78 is 0. The van der Waals surface area contributed by atoms with Crippen molar-refractivity contribution < 1.29 is 9.90 Å². The highest BCUT2D eigenvalue weighted by atomic mass is 16.4. The molecule has 0 aromatic heterocycles. The largest absolute Gasteiger partial charge is 0.481 e. The van der Waals surface area contributed by atoms with Gasteiger partial charge < -0.3 is 10.0 Å². The summed E-state index contributed by atoms with van der Waals surface area (Å²) in [4.78, 5) is 12.7. The summed E-state index contributed by atoms with van der Waals surface area (Å²) >= 11 is 0. The number of carbonyl (C=O) groups is 1. The van der Waals surface area contributed by atoms with E-state index in [4.69, 9.17) is 5.11 Å². The van der Waals surface area contributed by atoms with E-state index in [-0.39, 0.29) is 6.42 Å². The summed E-state index contributed by atoms with van der Waals surface area (Å²) in [6.45, 7) is 5.55. The number of carboxylic acids is 1. The fourth-order valence-electron chi connectivity index (χ4n) is 1.90. The normalized spacial score (nSPS) is 24.2. The van der Waals surface area contributed by atoms with Crippen molar-refractivity contribution in [1.29, 1.82) is 0 Å². The summed E-state index contributed by atoms with van der Waals surface area (Å²) in [7, 11) is 0. The van der Waals surface area contributed by atoms with Crippen LogP contribution in [0.25, 0.3) is 0 Å². The topological polar surface area (TPSA) is 40.5 Å². The third-order valence-electron chi connectivity index (χ3n) is 2.69. The van der Waals surface area contributed by atoms with E-state index in [1.54, 1.807) is 6.08 Å². The molecule has 0 bridgehead atoms.